The highest BCUT2D eigenvalue weighted by atomic mass is 32.1. The van der Waals surface area contributed by atoms with Gasteiger partial charge in [-0.3, -0.25) is 10.1 Å². The molecule has 6 heteroatoms. The fourth-order valence-electron chi connectivity index (χ4n) is 1.30. The smallest absolute Gasteiger partial charge is 0.324 e. The molecule has 0 bridgehead atoms. The minimum atomic E-state index is -0.364. The first-order chi connectivity index (χ1) is 7.63. The maximum atomic E-state index is 10.5. The van der Waals surface area contributed by atoms with Crippen LogP contribution in [0.15, 0.2) is 12.1 Å². The molecule has 1 unspecified atom stereocenters. The van der Waals surface area contributed by atoms with Crippen molar-refractivity contribution in [2.75, 3.05) is 13.2 Å². The van der Waals surface area contributed by atoms with Crippen LogP contribution in [0.1, 0.15) is 18.7 Å². The van der Waals surface area contributed by atoms with Crippen molar-refractivity contribution in [3.8, 4) is 0 Å². The predicted molar refractivity (Wildman–Crippen MR) is 63.8 cm³/mol. The number of hydrogen-bond acceptors (Lipinski definition) is 5. The zero-order chi connectivity index (χ0) is 12.0. The Balaban J connectivity index is 2.29. The molecule has 0 fully saturated rings. The first kappa shape index (κ1) is 13.1. The standard InChI is InChI=1S/C10H16N2O3S/c1-3-15-8(2)6-11-7-9-4-5-10(16-9)12(13)14/h4-5,8,11H,3,6-7H2,1-2H3. The van der Waals surface area contributed by atoms with Gasteiger partial charge in [0.15, 0.2) is 0 Å². The zero-order valence-corrected chi connectivity index (χ0v) is 10.3. The highest BCUT2D eigenvalue weighted by Crippen LogP contribution is 2.23. The van der Waals surface area contributed by atoms with E-state index in [1.54, 1.807) is 6.07 Å². The van der Waals surface area contributed by atoms with Crippen molar-refractivity contribution in [3.05, 3.63) is 27.1 Å². The van der Waals surface area contributed by atoms with E-state index in [4.69, 9.17) is 4.74 Å². The monoisotopic (exact) mass is 244 g/mol. The summed E-state index contributed by atoms with van der Waals surface area (Å²) >= 11 is 1.20. The molecule has 0 saturated carbocycles. The Morgan fingerprint density at radius 1 is 1.62 bits per heavy atom. The van der Waals surface area contributed by atoms with Crippen LogP contribution in [0.25, 0.3) is 0 Å². The molecule has 5 nitrogen and oxygen atoms in total. The molecule has 0 radical (unpaired) electrons. The molecule has 0 saturated heterocycles. The van der Waals surface area contributed by atoms with Gasteiger partial charge in [-0.15, -0.1) is 0 Å². The van der Waals surface area contributed by atoms with Crippen LogP contribution in [0.5, 0.6) is 0 Å². The Hall–Kier alpha value is -0.980. The maximum absolute atomic E-state index is 10.5. The Morgan fingerprint density at radius 2 is 2.38 bits per heavy atom. The van der Waals surface area contributed by atoms with Crippen LogP contribution in [0.4, 0.5) is 5.00 Å². The lowest BCUT2D eigenvalue weighted by Crippen LogP contribution is -2.26. The highest BCUT2D eigenvalue weighted by molar-refractivity contribution is 7.15. The van der Waals surface area contributed by atoms with Crippen molar-refractivity contribution in [2.24, 2.45) is 0 Å². The predicted octanol–water partition coefficient (Wildman–Crippen LogP) is 2.17. The van der Waals surface area contributed by atoms with Crippen LogP contribution in [0, 0.1) is 10.1 Å². The number of nitro groups is 1. The van der Waals surface area contributed by atoms with E-state index in [0.29, 0.717) is 13.2 Å². The van der Waals surface area contributed by atoms with Gasteiger partial charge in [0.1, 0.15) is 0 Å². The summed E-state index contributed by atoms with van der Waals surface area (Å²) in [6.45, 7) is 6.05. The summed E-state index contributed by atoms with van der Waals surface area (Å²) in [5.41, 5.74) is 0. The van der Waals surface area contributed by atoms with Crippen LogP contribution in [0.2, 0.25) is 0 Å². The number of nitrogens with one attached hydrogen (secondary N) is 1. The molecule has 0 aromatic carbocycles. The molecule has 1 aromatic heterocycles. The molecular weight excluding hydrogens is 228 g/mol. The second-order valence-corrected chi connectivity index (χ2v) is 4.54. The van der Waals surface area contributed by atoms with E-state index in [9.17, 15) is 10.1 Å². The van der Waals surface area contributed by atoms with Gasteiger partial charge in [0.2, 0.25) is 0 Å². The molecule has 1 heterocycles. The van der Waals surface area contributed by atoms with Crippen molar-refractivity contribution in [2.45, 2.75) is 26.5 Å². The lowest BCUT2D eigenvalue weighted by atomic mass is 10.4. The summed E-state index contributed by atoms with van der Waals surface area (Å²) in [6.07, 6.45) is 0.167. The topological polar surface area (TPSA) is 64.4 Å². The highest BCUT2D eigenvalue weighted by Gasteiger charge is 2.09. The number of hydrogen-bond donors (Lipinski definition) is 1. The summed E-state index contributed by atoms with van der Waals surface area (Å²) < 4.78 is 5.36. The van der Waals surface area contributed by atoms with E-state index in [1.165, 1.54) is 17.4 Å². The van der Waals surface area contributed by atoms with Gasteiger partial charge in [0.25, 0.3) is 0 Å². The lowest BCUT2D eigenvalue weighted by Gasteiger charge is -2.11. The van der Waals surface area contributed by atoms with Crippen molar-refractivity contribution in [1.82, 2.24) is 5.32 Å². The second-order valence-electron chi connectivity index (χ2n) is 3.39. The van der Waals surface area contributed by atoms with Gasteiger partial charge in [-0.25, -0.2) is 0 Å². The minimum Gasteiger partial charge on any atom is -0.377 e. The first-order valence-electron chi connectivity index (χ1n) is 5.19. The summed E-state index contributed by atoms with van der Waals surface area (Å²) in [6, 6.07) is 3.31. The number of thiophene rings is 1. The quantitative estimate of drug-likeness (QED) is 0.589. The van der Waals surface area contributed by atoms with Crippen LogP contribution in [0.3, 0.4) is 0 Å². The molecule has 1 rings (SSSR count). The van der Waals surface area contributed by atoms with E-state index in [-0.39, 0.29) is 16.0 Å². The molecule has 0 amide bonds. The second kappa shape index (κ2) is 6.57. The van der Waals surface area contributed by atoms with E-state index in [0.717, 1.165) is 11.4 Å². The summed E-state index contributed by atoms with van der Waals surface area (Å²) in [5, 5.41) is 13.8. The minimum absolute atomic E-state index is 0.167. The normalized spacial score (nSPS) is 12.6. The summed E-state index contributed by atoms with van der Waals surface area (Å²) in [7, 11) is 0. The third-order valence-electron chi connectivity index (χ3n) is 2.01. The molecule has 1 atom stereocenters. The number of ether oxygens (including phenoxy) is 1. The molecule has 90 valence electrons. The average Bonchev–Trinajstić information content (AvgIpc) is 2.67. The fourth-order valence-corrected chi connectivity index (χ4v) is 2.09. The Kier molecular flexibility index (Phi) is 5.37. The van der Waals surface area contributed by atoms with Gasteiger partial charge < -0.3 is 10.1 Å². The van der Waals surface area contributed by atoms with Crippen LogP contribution >= 0.6 is 11.3 Å². The SMILES string of the molecule is CCOC(C)CNCc1ccc([N+](=O)[O-])s1. The third kappa shape index (κ3) is 4.26. The zero-order valence-electron chi connectivity index (χ0n) is 9.43. The molecule has 0 spiro atoms. The summed E-state index contributed by atoms with van der Waals surface area (Å²) in [5.74, 6) is 0. The Morgan fingerprint density at radius 3 is 2.94 bits per heavy atom. The number of rotatable bonds is 7. The van der Waals surface area contributed by atoms with E-state index < -0.39 is 0 Å². The molecule has 0 aliphatic rings. The maximum Gasteiger partial charge on any atom is 0.324 e. The van der Waals surface area contributed by atoms with Crippen molar-refractivity contribution in [1.29, 1.82) is 0 Å². The molecule has 16 heavy (non-hydrogen) atoms. The van der Waals surface area contributed by atoms with Gasteiger partial charge in [0, 0.05) is 30.6 Å². The lowest BCUT2D eigenvalue weighted by molar-refractivity contribution is -0.380. The Bertz CT molecular complexity index is 341. The van der Waals surface area contributed by atoms with E-state index in [1.807, 2.05) is 13.8 Å². The largest absolute Gasteiger partial charge is 0.377 e. The van der Waals surface area contributed by atoms with E-state index >= 15 is 0 Å². The van der Waals surface area contributed by atoms with Crippen molar-refractivity contribution < 1.29 is 9.66 Å². The van der Waals surface area contributed by atoms with Crippen molar-refractivity contribution >= 4 is 16.3 Å². The van der Waals surface area contributed by atoms with Gasteiger partial charge in [-0.05, 0) is 19.9 Å². The molecule has 0 aliphatic carbocycles. The number of nitrogens with zero attached hydrogens (tertiary/aromatic N) is 1. The molecule has 0 aliphatic heterocycles. The Labute approximate surface area is 98.6 Å². The van der Waals surface area contributed by atoms with Crippen molar-refractivity contribution in [3.63, 3.8) is 0 Å². The van der Waals surface area contributed by atoms with Crippen LogP contribution < -0.4 is 5.32 Å². The van der Waals surface area contributed by atoms with Crippen LogP contribution in [-0.4, -0.2) is 24.2 Å². The first-order valence-corrected chi connectivity index (χ1v) is 6.00. The van der Waals surface area contributed by atoms with Gasteiger partial charge in [-0.1, -0.05) is 11.3 Å². The van der Waals surface area contributed by atoms with Crippen LogP contribution in [-0.2, 0) is 11.3 Å². The molecule has 1 N–H and O–H groups in total. The van der Waals surface area contributed by atoms with Gasteiger partial charge in [0.05, 0.1) is 11.0 Å². The molecular formula is C10H16N2O3S. The average molecular weight is 244 g/mol. The van der Waals surface area contributed by atoms with E-state index in [2.05, 4.69) is 5.32 Å². The summed E-state index contributed by atoms with van der Waals surface area (Å²) in [4.78, 5) is 11.1. The van der Waals surface area contributed by atoms with Gasteiger partial charge >= 0.3 is 5.00 Å². The molecule has 1 aromatic rings. The van der Waals surface area contributed by atoms with Gasteiger partial charge in [-0.2, -0.15) is 0 Å². The third-order valence-corrected chi connectivity index (χ3v) is 3.05. The fraction of sp³-hybridized carbons (Fsp3) is 0.600.